The van der Waals surface area contributed by atoms with Crippen molar-refractivity contribution in [2.75, 3.05) is 33.5 Å². The van der Waals surface area contributed by atoms with Crippen molar-refractivity contribution in [3.8, 4) is 0 Å². The SMILES string of the molecule is COCCCOCCC1CCNC1=O. The number of amides is 1. The van der Waals surface area contributed by atoms with Crippen molar-refractivity contribution >= 4 is 5.91 Å². The fraction of sp³-hybridized carbons (Fsp3) is 0.900. The Morgan fingerprint density at radius 1 is 1.43 bits per heavy atom. The van der Waals surface area contributed by atoms with Crippen molar-refractivity contribution in [2.45, 2.75) is 19.3 Å². The Morgan fingerprint density at radius 3 is 2.93 bits per heavy atom. The summed E-state index contributed by atoms with van der Waals surface area (Å²) in [5.74, 6) is 0.364. The van der Waals surface area contributed by atoms with Gasteiger partial charge in [0.1, 0.15) is 0 Å². The van der Waals surface area contributed by atoms with Crippen molar-refractivity contribution in [3.05, 3.63) is 0 Å². The number of ether oxygens (including phenoxy) is 2. The molecule has 82 valence electrons. The lowest BCUT2D eigenvalue weighted by molar-refractivity contribution is -0.122. The summed E-state index contributed by atoms with van der Waals surface area (Å²) in [5, 5.41) is 2.82. The van der Waals surface area contributed by atoms with Gasteiger partial charge in [-0.05, 0) is 19.3 Å². The Morgan fingerprint density at radius 2 is 2.29 bits per heavy atom. The van der Waals surface area contributed by atoms with Crippen LogP contribution in [0.5, 0.6) is 0 Å². The number of carbonyl (C=O) groups excluding carboxylic acids is 1. The molecule has 1 heterocycles. The molecule has 0 aromatic rings. The molecule has 1 amide bonds. The monoisotopic (exact) mass is 201 g/mol. The molecule has 1 unspecified atom stereocenters. The summed E-state index contributed by atoms with van der Waals surface area (Å²) < 4.78 is 10.3. The number of hydrogen-bond acceptors (Lipinski definition) is 3. The van der Waals surface area contributed by atoms with E-state index in [4.69, 9.17) is 9.47 Å². The molecule has 1 rings (SSSR count). The largest absolute Gasteiger partial charge is 0.385 e. The average Bonchev–Trinajstić information content (AvgIpc) is 2.58. The summed E-state index contributed by atoms with van der Waals surface area (Å²) in [4.78, 5) is 11.2. The zero-order valence-corrected chi connectivity index (χ0v) is 8.75. The molecule has 0 aromatic carbocycles. The first kappa shape index (κ1) is 11.5. The highest BCUT2D eigenvalue weighted by atomic mass is 16.5. The van der Waals surface area contributed by atoms with E-state index >= 15 is 0 Å². The van der Waals surface area contributed by atoms with E-state index in [1.807, 2.05) is 0 Å². The van der Waals surface area contributed by atoms with Crippen molar-refractivity contribution in [1.29, 1.82) is 0 Å². The van der Waals surface area contributed by atoms with Gasteiger partial charge < -0.3 is 14.8 Å². The Hall–Kier alpha value is -0.610. The smallest absolute Gasteiger partial charge is 0.223 e. The highest BCUT2D eigenvalue weighted by Gasteiger charge is 2.23. The van der Waals surface area contributed by atoms with E-state index in [2.05, 4.69) is 5.32 Å². The van der Waals surface area contributed by atoms with Crippen LogP contribution in [0, 0.1) is 5.92 Å². The van der Waals surface area contributed by atoms with Crippen LogP contribution in [0.25, 0.3) is 0 Å². The van der Waals surface area contributed by atoms with Crippen LogP contribution in [0.1, 0.15) is 19.3 Å². The molecule has 1 fully saturated rings. The topological polar surface area (TPSA) is 47.6 Å². The Labute approximate surface area is 85.0 Å². The molecule has 14 heavy (non-hydrogen) atoms. The molecule has 1 N–H and O–H groups in total. The second-order valence-corrected chi connectivity index (χ2v) is 3.52. The Kier molecular flexibility index (Phi) is 5.56. The second kappa shape index (κ2) is 6.79. The molecule has 4 heteroatoms. The predicted octanol–water partition coefficient (Wildman–Crippen LogP) is 0.566. The Balaban J connectivity index is 1.90. The van der Waals surface area contributed by atoms with Crippen LogP contribution in [-0.2, 0) is 14.3 Å². The third-order valence-electron chi connectivity index (χ3n) is 2.41. The van der Waals surface area contributed by atoms with Crippen LogP contribution in [-0.4, -0.2) is 39.4 Å². The number of rotatable bonds is 7. The van der Waals surface area contributed by atoms with Crippen LogP contribution in [0.15, 0.2) is 0 Å². The molecular formula is C10H19NO3. The first-order valence-corrected chi connectivity index (χ1v) is 5.19. The van der Waals surface area contributed by atoms with E-state index in [-0.39, 0.29) is 11.8 Å². The molecule has 1 saturated heterocycles. The van der Waals surface area contributed by atoms with E-state index in [9.17, 15) is 4.79 Å². The molecule has 0 radical (unpaired) electrons. The van der Waals surface area contributed by atoms with Crippen LogP contribution in [0.4, 0.5) is 0 Å². The minimum absolute atomic E-state index is 0.178. The summed E-state index contributed by atoms with van der Waals surface area (Å²) in [7, 11) is 1.68. The van der Waals surface area contributed by atoms with Gasteiger partial charge >= 0.3 is 0 Å². The van der Waals surface area contributed by atoms with Crippen molar-refractivity contribution in [2.24, 2.45) is 5.92 Å². The van der Waals surface area contributed by atoms with Crippen molar-refractivity contribution in [1.82, 2.24) is 5.32 Å². The van der Waals surface area contributed by atoms with Crippen LogP contribution < -0.4 is 5.32 Å². The number of hydrogen-bond donors (Lipinski definition) is 1. The molecule has 1 aliphatic heterocycles. The number of methoxy groups -OCH3 is 1. The molecule has 4 nitrogen and oxygen atoms in total. The molecule has 1 aliphatic rings. The third kappa shape index (κ3) is 4.07. The van der Waals surface area contributed by atoms with Crippen LogP contribution in [0.2, 0.25) is 0 Å². The van der Waals surface area contributed by atoms with Gasteiger partial charge in [0, 0.05) is 39.4 Å². The van der Waals surface area contributed by atoms with E-state index in [1.165, 1.54) is 0 Å². The first-order valence-electron chi connectivity index (χ1n) is 5.19. The highest BCUT2D eigenvalue weighted by molar-refractivity contribution is 5.80. The van der Waals surface area contributed by atoms with E-state index in [1.54, 1.807) is 7.11 Å². The van der Waals surface area contributed by atoms with Gasteiger partial charge in [0.2, 0.25) is 5.91 Å². The highest BCUT2D eigenvalue weighted by Crippen LogP contribution is 2.13. The van der Waals surface area contributed by atoms with Crippen LogP contribution >= 0.6 is 0 Å². The fourth-order valence-electron chi connectivity index (χ4n) is 1.55. The number of carbonyl (C=O) groups is 1. The number of nitrogens with one attached hydrogen (secondary N) is 1. The van der Waals surface area contributed by atoms with Gasteiger partial charge in [-0.1, -0.05) is 0 Å². The second-order valence-electron chi connectivity index (χ2n) is 3.52. The zero-order chi connectivity index (χ0) is 10.2. The maximum absolute atomic E-state index is 11.2. The maximum Gasteiger partial charge on any atom is 0.223 e. The lowest BCUT2D eigenvalue weighted by Crippen LogP contribution is -2.20. The van der Waals surface area contributed by atoms with Crippen LogP contribution in [0.3, 0.4) is 0 Å². The summed E-state index contributed by atoms with van der Waals surface area (Å²) in [6.07, 6.45) is 2.73. The molecule has 0 aliphatic carbocycles. The molecular weight excluding hydrogens is 182 g/mol. The van der Waals surface area contributed by atoms with Gasteiger partial charge in [0.25, 0.3) is 0 Å². The lowest BCUT2D eigenvalue weighted by atomic mass is 10.1. The zero-order valence-electron chi connectivity index (χ0n) is 8.75. The quantitative estimate of drug-likeness (QED) is 0.612. The standard InChI is InChI=1S/C10H19NO3/c1-13-6-2-7-14-8-4-9-3-5-11-10(9)12/h9H,2-8H2,1H3,(H,11,12). The summed E-state index contributed by atoms with van der Waals surface area (Å²) in [5.41, 5.74) is 0. The van der Waals surface area contributed by atoms with E-state index in [0.29, 0.717) is 6.61 Å². The van der Waals surface area contributed by atoms with Crippen molar-refractivity contribution < 1.29 is 14.3 Å². The van der Waals surface area contributed by atoms with E-state index in [0.717, 1.165) is 39.0 Å². The fourth-order valence-corrected chi connectivity index (χ4v) is 1.55. The van der Waals surface area contributed by atoms with Gasteiger partial charge in [0.15, 0.2) is 0 Å². The minimum Gasteiger partial charge on any atom is -0.385 e. The molecule has 0 saturated carbocycles. The van der Waals surface area contributed by atoms with Gasteiger partial charge in [0.05, 0.1) is 0 Å². The third-order valence-corrected chi connectivity index (χ3v) is 2.41. The summed E-state index contributed by atoms with van der Waals surface area (Å²) in [6.45, 7) is 2.97. The molecule has 0 spiro atoms. The summed E-state index contributed by atoms with van der Waals surface area (Å²) >= 11 is 0. The van der Waals surface area contributed by atoms with E-state index < -0.39 is 0 Å². The summed E-state index contributed by atoms with van der Waals surface area (Å²) in [6, 6.07) is 0. The molecule has 1 atom stereocenters. The van der Waals surface area contributed by atoms with Gasteiger partial charge in [-0.25, -0.2) is 0 Å². The average molecular weight is 201 g/mol. The van der Waals surface area contributed by atoms with Gasteiger partial charge in [-0.3, -0.25) is 4.79 Å². The molecule has 0 aromatic heterocycles. The molecule has 0 bridgehead atoms. The minimum atomic E-state index is 0.178. The maximum atomic E-state index is 11.2. The van der Waals surface area contributed by atoms with Gasteiger partial charge in [-0.15, -0.1) is 0 Å². The lowest BCUT2D eigenvalue weighted by Gasteiger charge is -2.07. The van der Waals surface area contributed by atoms with Gasteiger partial charge in [-0.2, -0.15) is 0 Å². The predicted molar refractivity (Wildman–Crippen MR) is 53.0 cm³/mol. The normalized spacial score (nSPS) is 21.2. The Bertz CT molecular complexity index is 173. The van der Waals surface area contributed by atoms with Crippen molar-refractivity contribution in [3.63, 3.8) is 0 Å². The first-order chi connectivity index (χ1) is 6.84.